The zero-order valence-corrected chi connectivity index (χ0v) is 18.2. The summed E-state index contributed by atoms with van der Waals surface area (Å²) < 4.78 is 2.34. The number of unbranched alkanes of at least 4 members (excludes halogenated alkanes) is 2. The number of thioether (sulfide) groups is 1. The van der Waals surface area contributed by atoms with Crippen LogP contribution in [0.5, 0.6) is 0 Å². The van der Waals surface area contributed by atoms with Gasteiger partial charge in [0.25, 0.3) is 11.1 Å². The average Bonchev–Trinajstić information content (AvgIpc) is 3.17. The van der Waals surface area contributed by atoms with Crippen molar-refractivity contribution in [2.45, 2.75) is 43.6 Å². The largest absolute Gasteiger partial charge is 0.309 e. The molecule has 0 aliphatic rings. The molecule has 9 heteroatoms. The number of rotatable bonds is 7. The first kappa shape index (κ1) is 20.1. The average molecular weight is 447 g/mol. The van der Waals surface area contributed by atoms with E-state index in [1.165, 1.54) is 23.1 Å². The molecule has 0 aliphatic carbocycles. The first-order valence-electron chi connectivity index (χ1n) is 9.36. The van der Waals surface area contributed by atoms with Crippen molar-refractivity contribution in [1.29, 1.82) is 0 Å². The SMILES string of the molecule is CCCCCn1c(SCc2nc3ccsc3c(=O)[nH]2)nc2cc(Cl)ccc2c1=O. The fourth-order valence-electron chi connectivity index (χ4n) is 3.12. The number of thiophene rings is 1. The molecule has 4 aromatic rings. The zero-order valence-electron chi connectivity index (χ0n) is 15.8. The van der Waals surface area contributed by atoms with Crippen LogP contribution < -0.4 is 11.1 Å². The summed E-state index contributed by atoms with van der Waals surface area (Å²) in [6.45, 7) is 2.73. The Morgan fingerprint density at radius 2 is 2.03 bits per heavy atom. The highest BCUT2D eigenvalue weighted by Gasteiger charge is 2.13. The second kappa shape index (κ2) is 8.69. The van der Waals surface area contributed by atoms with Gasteiger partial charge < -0.3 is 4.98 Å². The fourth-order valence-corrected chi connectivity index (χ4v) is 4.91. The summed E-state index contributed by atoms with van der Waals surface area (Å²) in [5, 5.41) is 3.55. The molecule has 0 spiro atoms. The van der Waals surface area contributed by atoms with Gasteiger partial charge in [-0.2, -0.15) is 0 Å². The Labute approximate surface area is 180 Å². The van der Waals surface area contributed by atoms with Crippen molar-refractivity contribution in [3.8, 4) is 0 Å². The van der Waals surface area contributed by atoms with Crippen LogP contribution in [0.2, 0.25) is 5.02 Å². The number of H-pyrrole nitrogens is 1. The second-order valence-corrected chi connectivity index (χ2v) is 8.95. The van der Waals surface area contributed by atoms with Gasteiger partial charge in [-0.1, -0.05) is 43.1 Å². The molecule has 3 aromatic heterocycles. The number of benzene rings is 1. The molecular weight excluding hydrogens is 428 g/mol. The summed E-state index contributed by atoms with van der Waals surface area (Å²) in [6.07, 6.45) is 3.01. The maximum absolute atomic E-state index is 13.1. The predicted molar refractivity (Wildman–Crippen MR) is 120 cm³/mol. The van der Waals surface area contributed by atoms with Gasteiger partial charge in [0, 0.05) is 11.6 Å². The zero-order chi connectivity index (χ0) is 20.4. The Balaban J connectivity index is 1.70. The number of halogens is 1. The normalized spacial score (nSPS) is 11.5. The maximum Gasteiger partial charge on any atom is 0.268 e. The number of hydrogen-bond donors (Lipinski definition) is 1. The minimum Gasteiger partial charge on any atom is -0.309 e. The lowest BCUT2D eigenvalue weighted by Crippen LogP contribution is -2.23. The third-order valence-electron chi connectivity index (χ3n) is 4.57. The molecule has 4 rings (SSSR count). The van der Waals surface area contributed by atoms with Gasteiger partial charge >= 0.3 is 0 Å². The molecule has 0 aliphatic heterocycles. The highest BCUT2D eigenvalue weighted by Crippen LogP contribution is 2.23. The first-order chi connectivity index (χ1) is 14.1. The fraction of sp³-hybridized carbons (Fsp3) is 0.300. The summed E-state index contributed by atoms with van der Waals surface area (Å²) in [4.78, 5) is 37.3. The number of nitrogens with zero attached hydrogens (tertiary/aromatic N) is 3. The minimum atomic E-state index is -0.140. The molecule has 29 heavy (non-hydrogen) atoms. The second-order valence-electron chi connectivity index (χ2n) is 6.66. The van der Waals surface area contributed by atoms with E-state index in [1.54, 1.807) is 22.8 Å². The lowest BCUT2D eigenvalue weighted by molar-refractivity contribution is 0.541. The third kappa shape index (κ3) is 4.24. The van der Waals surface area contributed by atoms with Gasteiger partial charge in [0.15, 0.2) is 5.16 Å². The van der Waals surface area contributed by atoms with Crippen molar-refractivity contribution in [1.82, 2.24) is 19.5 Å². The van der Waals surface area contributed by atoms with E-state index in [-0.39, 0.29) is 11.1 Å². The van der Waals surface area contributed by atoms with Crippen molar-refractivity contribution in [2.75, 3.05) is 0 Å². The molecule has 0 radical (unpaired) electrons. The molecule has 1 N–H and O–H groups in total. The molecule has 1 aromatic carbocycles. The predicted octanol–water partition coefficient (Wildman–Crippen LogP) is 4.83. The van der Waals surface area contributed by atoms with Gasteiger partial charge in [-0.25, -0.2) is 9.97 Å². The van der Waals surface area contributed by atoms with Gasteiger partial charge in [-0.05, 0) is 36.1 Å². The van der Waals surface area contributed by atoms with E-state index in [4.69, 9.17) is 11.6 Å². The van der Waals surface area contributed by atoms with Crippen LogP contribution in [0.3, 0.4) is 0 Å². The Morgan fingerprint density at radius 1 is 1.17 bits per heavy atom. The van der Waals surface area contributed by atoms with Crippen molar-refractivity contribution in [3.05, 3.63) is 61.2 Å². The summed E-state index contributed by atoms with van der Waals surface area (Å²) in [5.74, 6) is 0.972. The lowest BCUT2D eigenvalue weighted by Gasteiger charge is -2.13. The van der Waals surface area contributed by atoms with Crippen LogP contribution in [-0.4, -0.2) is 19.5 Å². The van der Waals surface area contributed by atoms with Crippen molar-refractivity contribution in [2.24, 2.45) is 0 Å². The molecule has 0 amide bonds. The number of aromatic amines is 1. The van der Waals surface area contributed by atoms with Gasteiger partial charge in [0.05, 0.1) is 22.2 Å². The van der Waals surface area contributed by atoms with Crippen molar-refractivity contribution >= 4 is 55.8 Å². The van der Waals surface area contributed by atoms with Crippen molar-refractivity contribution < 1.29 is 0 Å². The van der Waals surface area contributed by atoms with Crippen LogP contribution in [0, 0.1) is 0 Å². The van der Waals surface area contributed by atoms with Gasteiger partial charge in [-0.3, -0.25) is 14.2 Å². The minimum absolute atomic E-state index is 0.0694. The maximum atomic E-state index is 13.1. The Bertz CT molecular complexity index is 1300. The highest BCUT2D eigenvalue weighted by atomic mass is 35.5. The molecule has 0 saturated heterocycles. The summed E-state index contributed by atoms with van der Waals surface area (Å²) in [7, 11) is 0. The molecule has 0 bridgehead atoms. The quantitative estimate of drug-likeness (QED) is 0.250. The van der Waals surface area contributed by atoms with Crippen LogP contribution in [0.1, 0.15) is 32.0 Å². The van der Waals surface area contributed by atoms with Crippen LogP contribution in [0.15, 0.2) is 44.4 Å². The van der Waals surface area contributed by atoms with Crippen LogP contribution in [0.25, 0.3) is 21.1 Å². The molecule has 150 valence electrons. The van der Waals surface area contributed by atoms with E-state index in [1.807, 2.05) is 11.4 Å². The molecule has 0 unspecified atom stereocenters. The topological polar surface area (TPSA) is 80.6 Å². The summed E-state index contributed by atoms with van der Waals surface area (Å²) in [6, 6.07) is 6.97. The van der Waals surface area contributed by atoms with E-state index in [2.05, 4.69) is 21.9 Å². The van der Waals surface area contributed by atoms with E-state index in [9.17, 15) is 9.59 Å². The molecule has 0 fully saturated rings. The van der Waals surface area contributed by atoms with Gasteiger partial charge in [-0.15, -0.1) is 11.3 Å². The van der Waals surface area contributed by atoms with Gasteiger partial charge in [0.2, 0.25) is 0 Å². The molecule has 0 atom stereocenters. The van der Waals surface area contributed by atoms with E-state index in [0.29, 0.717) is 49.4 Å². The Kier molecular flexibility index (Phi) is 6.03. The van der Waals surface area contributed by atoms with E-state index < -0.39 is 0 Å². The number of hydrogen-bond acceptors (Lipinski definition) is 6. The Hall–Kier alpha value is -2.16. The van der Waals surface area contributed by atoms with Crippen molar-refractivity contribution in [3.63, 3.8) is 0 Å². The standard InChI is InChI=1S/C20H19ClN4O2S2/c1-2-3-4-8-25-19(27)13-6-5-12(21)10-15(13)23-20(25)29-11-16-22-14-7-9-28-17(14)18(26)24-16/h5-7,9-10H,2-4,8,11H2,1H3,(H,22,24,26). The van der Waals surface area contributed by atoms with Crippen LogP contribution in [0.4, 0.5) is 0 Å². The van der Waals surface area contributed by atoms with E-state index in [0.717, 1.165) is 19.3 Å². The highest BCUT2D eigenvalue weighted by molar-refractivity contribution is 7.98. The summed E-state index contributed by atoms with van der Waals surface area (Å²) >= 11 is 8.86. The first-order valence-corrected chi connectivity index (χ1v) is 11.6. The third-order valence-corrected chi connectivity index (χ3v) is 6.69. The van der Waals surface area contributed by atoms with Gasteiger partial charge in [0.1, 0.15) is 10.5 Å². The summed E-state index contributed by atoms with van der Waals surface area (Å²) in [5.41, 5.74) is 1.05. The lowest BCUT2D eigenvalue weighted by atomic mass is 10.2. The van der Waals surface area contributed by atoms with Crippen LogP contribution in [-0.2, 0) is 12.3 Å². The molecule has 0 saturated carbocycles. The molecule has 3 heterocycles. The van der Waals surface area contributed by atoms with Crippen LogP contribution >= 0.6 is 34.7 Å². The smallest absolute Gasteiger partial charge is 0.268 e. The number of nitrogens with one attached hydrogen (secondary N) is 1. The Morgan fingerprint density at radius 3 is 2.86 bits per heavy atom. The monoisotopic (exact) mass is 446 g/mol. The molecular formula is C20H19ClN4O2S2. The molecule has 6 nitrogen and oxygen atoms in total. The number of fused-ring (bicyclic) bond motifs is 2. The number of aromatic nitrogens is 4. The van der Waals surface area contributed by atoms with E-state index >= 15 is 0 Å².